The average Bonchev–Trinajstić information content (AvgIpc) is 3.24. The molecule has 136 valence electrons. The van der Waals surface area contributed by atoms with Crippen LogP contribution < -0.4 is 0 Å². The summed E-state index contributed by atoms with van der Waals surface area (Å²) in [7, 11) is 0. The number of nitriles is 1. The molecule has 2 heterocycles. The normalized spacial score (nSPS) is 34.1. The van der Waals surface area contributed by atoms with Crippen LogP contribution in [0.3, 0.4) is 0 Å². The Balaban J connectivity index is 1.86. The van der Waals surface area contributed by atoms with Gasteiger partial charge in [-0.1, -0.05) is 5.18 Å². The fourth-order valence-electron chi connectivity index (χ4n) is 4.35. The van der Waals surface area contributed by atoms with E-state index in [0.717, 1.165) is 6.42 Å². The van der Waals surface area contributed by atoms with Crippen molar-refractivity contribution < 1.29 is 14.3 Å². The first-order chi connectivity index (χ1) is 11.8. The van der Waals surface area contributed by atoms with Gasteiger partial charge in [0, 0.05) is 6.54 Å². The van der Waals surface area contributed by atoms with Crippen molar-refractivity contribution >= 4 is 12.0 Å². The molecular formula is C17H24N4O4. The lowest BCUT2D eigenvalue weighted by molar-refractivity contribution is -0.138. The number of amides is 2. The first-order valence-electron chi connectivity index (χ1n) is 8.80. The van der Waals surface area contributed by atoms with E-state index in [0.29, 0.717) is 25.8 Å². The Morgan fingerprint density at radius 3 is 2.60 bits per heavy atom. The molecule has 0 N–H and O–H groups in total. The lowest BCUT2D eigenvalue weighted by Gasteiger charge is -2.39. The van der Waals surface area contributed by atoms with Crippen LogP contribution in [0.25, 0.3) is 0 Å². The van der Waals surface area contributed by atoms with E-state index in [1.165, 1.54) is 4.90 Å². The van der Waals surface area contributed by atoms with Gasteiger partial charge in [-0.25, -0.2) is 4.79 Å². The van der Waals surface area contributed by atoms with Crippen LogP contribution in [-0.2, 0) is 9.53 Å². The van der Waals surface area contributed by atoms with E-state index in [2.05, 4.69) is 11.2 Å². The van der Waals surface area contributed by atoms with Gasteiger partial charge in [0.2, 0.25) is 5.91 Å². The minimum absolute atomic E-state index is 0.104. The van der Waals surface area contributed by atoms with Crippen LogP contribution in [-0.4, -0.2) is 58.1 Å². The lowest BCUT2D eigenvalue weighted by Crippen LogP contribution is -2.58. The van der Waals surface area contributed by atoms with Crippen LogP contribution in [0, 0.1) is 22.2 Å². The van der Waals surface area contributed by atoms with Gasteiger partial charge in [-0.05, 0) is 52.4 Å². The molecule has 25 heavy (non-hydrogen) atoms. The summed E-state index contributed by atoms with van der Waals surface area (Å²) < 4.78 is 5.47. The van der Waals surface area contributed by atoms with Gasteiger partial charge in [-0.2, -0.15) is 10.2 Å². The molecule has 1 aliphatic carbocycles. The van der Waals surface area contributed by atoms with Gasteiger partial charge < -0.3 is 9.64 Å². The highest BCUT2D eigenvalue weighted by atomic mass is 16.6. The lowest BCUT2D eigenvalue weighted by atomic mass is 9.95. The van der Waals surface area contributed by atoms with Gasteiger partial charge in [-0.15, -0.1) is 0 Å². The second-order valence-electron chi connectivity index (χ2n) is 8.12. The molecule has 2 amide bonds. The molecular weight excluding hydrogens is 324 g/mol. The van der Waals surface area contributed by atoms with Gasteiger partial charge in [0.25, 0.3) is 0 Å². The molecule has 0 aromatic carbocycles. The zero-order chi connectivity index (χ0) is 18.4. The average molecular weight is 348 g/mol. The summed E-state index contributed by atoms with van der Waals surface area (Å²) in [5, 5.41) is 12.4. The second kappa shape index (κ2) is 6.28. The van der Waals surface area contributed by atoms with E-state index in [1.54, 1.807) is 25.7 Å². The summed E-state index contributed by atoms with van der Waals surface area (Å²) in [5.41, 5.74) is -0.695. The Morgan fingerprint density at radius 2 is 2.00 bits per heavy atom. The SMILES string of the molecule is CC(C)(C)OC(=O)N1[C@@H]2C[C@@H](CC2N=O)[C@H]1C(=O)N1CCC[C@H]1C#N. The van der Waals surface area contributed by atoms with E-state index >= 15 is 0 Å². The predicted molar refractivity (Wildman–Crippen MR) is 88.3 cm³/mol. The second-order valence-corrected chi connectivity index (χ2v) is 8.12. The van der Waals surface area contributed by atoms with Crippen LogP contribution in [0.15, 0.2) is 5.18 Å². The van der Waals surface area contributed by atoms with Gasteiger partial charge in [-0.3, -0.25) is 9.69 Å². The fraction of sp³-hybridized carbons (Fsp3) is 0.824. The number of hydrogen-bond donors (Lipinski definition) is 0. The summed E-state index contributed by atoms with van der Waals surface area (Å²) >= 11 is 0. The molecule has 1 unspecified atom stereocenters. The number of likely N-dealkylation sites (tertiary alicyclic amines) is 2. The maximum atomic E-state index is 13.1. The Labute approximate surface area is 147 Å². The summed E-state index contributed by atoms with van der Waals surface area (Å²) in [6.07, 6.45) is 1.95. The smallest absolute Gasteiger partial charge is 0.411 e. The molecule has 0 spiro atoms. The topological polar surface area (TPSA) is 103 Å². The van der Waals surface area contributed by atoms with Crippen molar-refractivity contribution in [2.45, 2.75) is 76.2 Å². The standard InChI is InChI=1S/C17H24N4O4/c1-17(2,3)25-16(23)21-13-8-10(7-12(13)19-24)14(21)15(22)20-6-4-5-11(20)9-18/h10-14H,4-8H2,1-3H3/t10-,11+,12?,13-,14+/m1/s1. The molecule has 3 fully saturated rings. The largest absolute Gasteiger partial charge is 0.444 e. The van der Waals surface area contributed by atoms with Crippen LogP contribution in [0.2, 0.25) is 0 Å². The van der Waals surface area contributed by atoms with Crippen LogP contribution >= 0.6 is 0 Å². The van der Waals surface area contributed by atoms with Crippen LogP contribution in [0.4, 0.5) is 4.79 Å². The molecule has 1 saturated carbocycles. The quantitative estimate of drug-likeness (QED) is 0.710. The number of hydrogen-bond acceptors (Lipinski definition) is 6. The summed E-state index contributed by atoms with van der Waals surface area (Å²) in [6.45, 7) is 5.82. The molecule has 2 bridgehead atoms. The minimum atomic E-state index is -0.695. The number of carbonyl (C=O) groups excluding carboxylic acids is 2. The number of ether oxygens (including phenoxy) is 1. The minimum Gasteiger partial charge on any atom is -0.444 e. The van der Waals surface area contributed by atoms with E-state index in [9.17, 15) is 19.8 Å². The van der Waals surface area contributed by atoms with E-state index in [-0.39, 0.29) is 11.8 Å². The van der Waals surface area contributed by atoms with Crippen molar-refractivity contribution in [1.29, 1.82) is 5.26 Å². The molecule has 8 heteroatoms. The van der Waals surface area contributed by atoms with Crippen molar-refractivity contribution in [1.82, 2.24) is 9.80 Å². The van der Waals surface area contributed by atoms with E-state index in [1.807, 2.05) is 0 Å². The van der Waals surface area contributed by atoms with Gasteiger partial charge in [0.1, 0.15) is 23.7 Å². The third kappa shape index (κ3) is 3.08. The number of nitrogens with zero attached hydrogens (tertiary/aromatic N) is 4. The Hall–Kier alpha value is -2.17. The van der Waals surface area contributed by atoms with Crippen molar-refractivity contribution in [3.8, 4) is 6.07 Å². The maximum Gasteiger partial charge on any atom is 0.411 e. The van der Waals surface area contributed by atoms with E-state index in [4.69, 9.17) is 4.74 Å². The highest BCUT2D eigenvalue weighted by Crippen LogP contribution is 2.45. The molecule has 0 aromatic rings. The third-order valence-electron chi connectivity index (χ3n) is 5.31. The highest BCUT2D eigenvalue weighted by Gasteiger charge is 2.58. The summed E-state index contributed by atoms with van der Waals surface area (Å²) in [5.74, 6) is -0.306. The zero-order valence-electron chi connectivity index (χ0n) is 14.8. The summed E-state index contributed by atoms with van der Waals surface area (Å²) in [4.78, 5) is 39.9. The zero-order valence-corrected chi connectivity index (χ0v) is 14.8. The van der Waals surface area contributed by atoms with Crippen molar-refractivity contribution in [2.24, 2.45) is 11.1 Å². The number of rotatable bonds is 2. The molecule has 0 aromatic heterocycles. The molecule has 3 rings (SSSR count). The van der Waals surface area contributed by atoms with Crippen molar-refractivity contribution in [3.05, 3.63) is 4.91 Å². The first kappa shape index (κ1) is 17.6. The highest BCUT2D eigenvalue weighted by molar-refractivity contribution is 5.88. The number of carbonyl (C=O) groups is 2. The fourth-order valence-corrected chi connectivity index (χ4v) is 4.35. The first-order valence-corrected chi connectivity index (χ1v) is 8.80. The predicted octanol–water partition coefficient (Wildman–Crippen LogP) is 2.03. The van der Waals surface area contributed by atoms with Crippen molar-refractivity contribution in [3.63, 3.8) is 0 Å². The molecule has 2 aliphatic heterocycles. The molecule has 5 atom stereocenters. The Bertz CT molecular complexity index is 623. The monoisotopic (exact) mass is 348 g/mol. The van der Waals surface area contributed by atoms with Gasteiger partial charge in [0.15, 0.2) is 0 Å². The number of fused-ring (bicyclic) bond motifs is 2. The maximum absolute atomic E-state index is 13.1. The molecule has 3 aliphatic rings. The van der Waals surface area contributed by atoms with Crippen LogP contribution in [0.1, 0.15) is 46.5 Å². The van der Waals surface area contributed by atoms with Crippen molar-refractivity contribution in [2.75, 3.05) is 6.54 Å². The Morgan fingerprint density at radius 1 is 1.28 bits per heavy atom. The molecule has 2 saturated heterocycles. The number of nitroso groups, excluding NO2 is 1. The summed E-state index contributed by atoms with van der Waals surface area (Å²) in [6, 6.07) is 0.181. The van der Waals surface area contributed by atoms with Crippen LogP contribution in [0.5, 0.6) is 0 Å². The third-order valence-corrected chi connectivity index (χ3v) is 5.31. The van der Waals surface area contributed by atoms with Gasteiger partial charge >= 0.3 is 6.09 Å². The van der Waals surface area contributed by atoms with E-state index < -0.39 is 35.9 Å². The number of piperidine rings is 1. The van der Waals surface area contributed by atoms with Gasteiger partial charge in [0.05, 0.1) is 12.1 Å². The molecule has 8 nitrogen and oxygen atoms in total. The Kier molecular flexibility index (Phi) is 4.43. The molecule has 0 radical (unpaired) electrons.